The highest BCUT2D eigenvalue weighted by atomic mass is 32.2. The molecular weight excluding hydrogens is 660 g/mol. The summed E-state index contributed by atoms with van der Waals surface area (Å²) in [7, 11) is 1.98. The summed E-state index contributed by atoms with van der Waals surface area (Å²) in [5, 5.41) is 2.98. The number of halogens is 1. The quantitative estimate of drug-likeness (QED) is 0.255. The molecule has 13 heteroatoms. The van der Waals surface area contributed by atoms with E-state index in [2.05, 4.69) is 20.1 Å². The zero-order valence-electron chi connectivity index (χ0n) is 30.1. The number of amides is 1. The number of carbonyl (C=O) groups excluding carboxylic acids is 1. The zero-order valence-corrected chi connectivity index (χ0v) is 30.9. The average molecular weight is 709 g/mol. The van der Waals surface area contributed by atoms with Gasteiger partial charge in [-0.1, -0.05) is 0 Å². The second kappa shape index (κ2) is 14.9. The number of alkyl halides is 1. The number of fused-ring (bicyclic) bond motifs is 1. The number of thioether (sulfide) groups is 1. The fourth-order valence-electron chi connectivity index (χ4n) is 7.62. The summed E-state index contributed by atoms with van der Waals surface area (Å²) in [5.74, 6) is 0.497. The summed E-state index contributed by atoms with van der Waals surface area (Å²) in [6, 6.07) is 4.04. The zero-order chi connectivity index (χ0) is 35.7. The largest absolute Gasteiger partial charge is 0.448 e. The van der Waals surface area contributed by atoms with Crippen molar-refractivity contribution in [3.05, 3.63) is 57.3 Å². The molecule has 3 aromatic rings. The minimum atomic E-state index is -0.954. The van der Waals surface area contributed by atoms with Crippen LogP contribution in [0.2, 0.25) is 0 Å². The first-order valence-electron chi connectivity index (χ1n) is 17.5. The van der Waals surface area contributed by atoms with Crippen LogP contribution in [-0.4, -0.2) is 89.4 Å². The van der Waals surface area contributed by atoms with Crippen LogP contribution in [0, 0.1) is 19.8 Å². The third kappa shape index (κ3) is 7.36. The van der Waals surface area contributed by atoms with Gasteiger partial charge >= 0.3 is 0 Å². The normalized spacial score (nSPS) is 24.9. The van der Waals surface area contributed by atoms with E-state index < -0.39 is 5.79 Å². The number of nitrogens with one attached hydrogen (secondary N) is 2. The first-order chi connectivity index (χ1) is 23.9. The Labute approximate surface area is 297 Å². The summed E-state index contributed by atoms with van der Waals surface area (Å²) in [5.41, 5.74) is 3.46. The predicted octanol–water partition coefficient (Wildman–Crippen LogP) is 5.66. The highest BCUT2D eigenvalue weighted by molar-refractivity contribution is 7.98. The number of morpholine rings is 1. The Balaban J connectivity index is 1.32. The molecular formula is C37H49FN6O5S. The molecule has 6 rings (SSSR count). The summed E-state index contributed by atoms with van der Waals surface area (Å²) in [4.78, 5) is 44.1. The molecule has 1 saturated heterocycles. The van der Waals surface area contributed by atoms with E-state index in [4.69, 9.17) is 24.2 Å². The number of hydrogen-bond donors (Lipinski definition) is 2. The number of aryl methyl sites for hydroxylation is 1. The molecule has 50 heavy (non-hydrogen) atoms. The van der Waals surface area contributed by atoms with Gasteiger partial charge in [0, 0.05) is 95.9 Å². The lowest BCUT2D eigenvalue weighted by Crippen LogP contribution is -2.47. The summed E-state index contributed by atoms with van der Waals surface area (Å²) >= 11 is 1.47. The standard InChI is InChI=1S/C37H49FN6O5S/c1-21-14-31(50-7)30(35(46)42-21)18-39-34(45)28-15-29(25-16-40-36(41-17-25)44-19-22(2)47-23(3)20-44)33-32(24(28)4)48-37(5,49-33)26-8-10-27(11-9-26)43(6)13-12-38/h14-17,22-23,26-27H,8-13,18-20H2,1-7H3,(H,39,45)(H,42,46). The van der Waals surface area contributed by atoms with Crippen LogP contribution in [0.3, 0.4) is 0 Å². The van der Waals surface area contributed by atoms with E-state index in [0.717, 1.165) is 36.3 Å². The smallest absolute Gasteiger partial charge is 0.254 e. The van der Waals surface area contributed by atoms with Gasteiger partial charge in [-0.3, -0.25) is 9.59 Å². The minimum absolute atomic E-state index is 0.0633. The molecule has 11 nitrogen and oxygen atoms in total. The maximum atomic E-state index is 13.9. The lowest BCUT2D eigenvalue weighted by molar-refractivity contribution is -0.123. The predicted molar refractivity (Wildman–Crippen MR) is 193 cm³/mol. The van der Waals surface area contributed by atoms with Crippen LogP contribution < -0.4 is 25.2 Å². The van der Waals surface area contributed by atoms with Crippen molar-refractivity contribution in [3.8, 4) is 22.6 Å². The summed E-state index contributed by atoms with van der Waals surface area (Å²) in [6.07, 6.45) is 9.14. The Kier molecular flexibility index (Phi) is 10.8. The minimum Gasteiger partial charge on any atom is -0.448 e. The summed E-state index contributed by atoms with van der Waals surface area (Å²) < 4.78 is 32.5. The van der Waals surface area contributed by atoms with Crippen LogP contribution in [0.1, 0.15) is 73.6 Å². The fraction of sp³-hybridized carbons (Fsp3) is 0.568. The van der Waals surface area contributed by atoms with Gasteiger partial charge in [0.1, 0.15) is 6.67 Å². The molecule has 2 aliphatic heterocycles. The van der Waals surface area contributed by atoms with E-state index in [-0.39, 0.29) is 42.8 Å². The van der Waals surface area contributed by atoms with Crippen LogP contribution in [-0.2, 0) is 11.3 Å². The number of carbonyl (C=O) groups is 1. The molecule has 4 heterocycles. The van der Waals surface area contributed by atoms with Crippen molar-refractivity contribution < 1.29 is 23.4 Å². The second-order valence-corrected chi connectivity index (χ2v) is 14.9. The monoisotopic (exact) mass is 708 g/mol. The van der Waals surface area contributed by atoms with Crippen LogP contribution in [0.4, 0.5) is 10.3 Å². The molecule has 0 radical (unpaired) electrons. The maximum absolute atomic E-state index is 13.9. The molecule has 2 aromatic heterocycles. The fourth-order valence-corrected chi connectivity index (χ4v) is 8.33. The van der Waals surface area contributed by atoms with E-state index in [1.807, 2.05) is 60.1 Å². The number of anilines is 1. The van der Waals surface area contributed by atoms with Crippen LogP contribution in [0.5, 0.6) is 11.5 Å². The van der Waals surface area contributed by atoms with Crippen molar-refractivity contribution in [1.82, 2.24) is 25.2 Å². The molecule has 1 saturated carbocycles. The molecule has 3 atom stereocenters. The number of benzene rings is 1. The third-order valence-electron chi connectivity index (χ3n) is 10.4. The Morgan fingerprint density at radius 3 is 2.40 bits per heavy atom. The molecule has 0 spiro atoms. The van der Waals surface area contributed by atoms with Crippen LogP contribution in [0.15, 0.2) is 34.2 Å². The van der Waals surface area contributed by atoms with Gasteiger partial charge in [-0.15, -0.1) is 11.8 Å². The van der Waals surface area contributed by atoms with E-state index >= 15 is 0 Å². The number of aromatic amines is 1. The molecule has 2 N–H and O–H groups in total. The molecule has 270 valence electrons. The van der Waals surface area contributed by atoms with Gasteiger partial charge in [0.2, 0.25) is 5.95 Å². The van der Waals surface area contributed by atoms with Gasteiger partial charge in [-0.2, -0.15) is 0 Å². The van der Waals surface area contributed by atoms with Gasteiger partial charge in [0.05, 0.1) is 12.2 Å². The Hall–Kier alpha value is -3.68. The number of aromatic nitrogens is 3. The van der Waals surface area contributed by atoms with Crippen molar-refractivity contribution in [2.75, 3.05) is 44.5 Å². The molecule has 3 unspecified atom stereocenters. The van der Waals surface area contributed by atoms with E-state index in [0.29, 0.717) is 70.9 Å². The highest BCUT2D eigenvalue weighted by Crippen LogP contribution is 2.53. The van der Waals surface area contributed by atoms with Gasteiger partial charge in [0.25, 0.3) is 17.3 Å². The van der Waals surface area contributed by atoms with E-state index in [1.54, 1.807) is 12.4 Å². The van der Waals surface area contributed by atoms with Crippen molar-refractivity contribution >= 4 is 23.6 Å². The van der Waals surface area contributed by atoms with E-state index in [9.17, 15) is 14.0 Å². The topological polar surface area (TPSA) is 122 Å². The number of ether oxygens (including phenoxy) is 3. The number of hydrogen-bond acceptors (Lipinski definition) is 10. The maximum Gasteiger partial charge on any atom is 0.254 e. The van der Waals surface area contributed by atoms with Crippen molar-refractivity contribution in [2.45, 2.75) is 95.8 Å². The molecule has 1 aliphatic carbocycles. The SMILES string of the molecule is CSc1cc(C)[nH]c(=O)c1CNC(=O)c1cc(-c2cnc(N3CC(C)OC(C)C3)nc2)c2c(c1C)OC(C)(C1CCC(N(C)CCF)CC1)O2. The second-order valence-electron chi connectivity index (χ2n) is 14.1. The lowest BCUT2D eigenvalue weighted by atomic mass is 9.81. The molecule has 1 amide bonds. The van der Waals surface area contributed by atoms with Gasteiger partial charge in [-0.25, -0.2) is 14.4 Å². The third-order valence-corrected chi connectivity index (χ3v) is 11.2. The number of H-pyrrole nitrogens is 1. The molecule has 2 fully saturated rings. The van der Waals surface area contributed by atoms with Crippen molar-refractivity contribution in [3.63, 3.8) is 0 Å². The van der Waals surface area contributed by atoms with Gasteiger partial charge < -0.3 is 34.3 Å². The average Bonchev–Trinajstić information content (AvgIpc) is 3.46. The van der Waals surface area contributed by atoms with E-state index in [1.165, 1.54) is 11.8 Å². The summed E-state index contributed by atoms with van der Waals surface area (Å²) in [6.45, 7) is 11.3. The molecule has 1 aromatic carbocycles. The van der Waals surface area contributed by atoms with Crippen LogP contribution >= 0.6 is 11.8 Å². The number of nitrogens with zero attached hydrogens (tertiary/aromatic N) is 4. The molecule has 0 bridgehead atoms. The lowest BCUT2D eigenvalue weighted by Gasteiger charge is -2.39. The van der Waals surface area contributed by atoms with Crippen molar-refractivity contribution in [2.24, 2.45) is 5.92 Å². The van der Waals surface area contributed by atoms with Gasteiger partial charge in [-0.05, 0) is 78.8 Å². The number of pyridine rings is 1. The number of rotatable bonds is 10. The Morgan fingerprint density at radius 1 is 1.10 bits per heavy atom. The Bertz CT molecular complexity index is 1750. The Morgan fingerprint density at radius 2 is 1.76 bits per heavy atom. The first-order valence-corrected chi connectivity index (χ1v) is 18.7. The van der Waals surface area contributed by atoms with Crippen LogP contribution in [0.25, 0.3) is 11.1 Å². The molecule has 3 aliphatic rings. The first kappa shape index (κ1) is 36.1. The van der Waals surface area contributed by atoms with Crippen molar-refractivity contribution in [1.29, 1.82) is 0 Å². The van der Waals surface area contributed by atoms with Gasteiger partial charge in [0.15, 0.2) is 11.5 Å². The highest BCUT2D eigenvalue weighted by Gasteiger charge is 2.48.